The maximum Gasteiger partial charge on any atom is 0.227 e. The van der Waals surface area contributed by atoms with Crippen LogP contribution in [0.1, 0.15) is 20.8 Å². The third-order valence-corrected chi connectivity index (χ3v) is 4.81. The quantitative estimate of drug-likeness (QED) is 0.583. The molecule has 0 aliphatic carbocycles. The Balaban J connectivity index is 2.04. The van der Waals surface area contributed by atoms with E-state index in [4.69, 9.17) is 9.73 Å². The number of methoxy groups -OCH3 is 1. The van der Waals surface area contributed by atoms with Crippen molar-refractivity contribution in [2.24, 2.45) is 10.4 Å². The van der Waals surface area contributed by atoms with Gasteiger partial charge < -0.3 is 25.2 Å². The average molecular weight is 376 g/mol. The molecule has 0 spiro atoms. The van der Waals surface area contributed by atoms with Crippen molar-refractivity contribution in [3.63, 3.8) is 0 Å². The number of nitrogens with zero attached hydrogens (tertiary/aromatic N) is 3. The number of amides is 1. The Morgan fingerprint density at radius 1 is 1.22 bits per heavy atom. The van der Waals surface area contributed by atoms with Gasteiger partial charge in [-0.25, -0.2) is 0 Å². The fraction of sp³-hybridized carbons (Fsp3) is 0.600. The van der Waals surface area contributed by atoms with Crippen LogP contribution in [0.4, 0.5) is 5.69 Å². The third kappa shape index (κ3) is 5.28. The smallest absolute Gasteiger partial charge is 0.227 e. The Morgan fingerprint density at radius 3 is 2.48 bits per heavy atom. The molecular formula is C20H33N5O2. The first-order chi connectivity index (χ1) is 12.9. The molecule has 1 heterocycles. The van der Waals surface area contributed by atoms with E-state index in [0.717, 1.165) is 50.1 Å². The molecule has 7 heteroatoms. The number of hydrogen-bond acceptors (Lipinski definition) is 4. The second-order valence-corrected chi connectivity index (χ2v) is 7.28. The first kappa shape index (κ1) is 20.9. The fourth-order valence-corrected chi connectivity index (χ4v) is 3.16. The highest BCUT2D eigenvalue weighted by Gasteiger charge is 2.27. The van der Waals surface area contributed by atoms with Gasteiger partial charge in [-0.1, -0.05) is 12.1 Å². The lowest BCUT2D eigenvalue weighted by Crippen LogP contribution is -2.53. The minimum absolute atomic E-state index is 0.00286. The summed E-state index contributed by atoms with van der Waals surface area (Å²) < 4.78 is 5.49. The van der Waals surface area contributed by atoms with Gasteiger partial charge in [0.05, 0.1) is 24.8 Å². The van der Waals surface area contributed by atoms with E-state index in [2.05, 4.69) is 33.4 Å². The van der Waals surface area contributed by atoms with Crippen LogP contribution in [0.3, 0.4) is 0 Å². The number of guanidine groups is 1. The van der Waals surface area contributed by atoms with Crippen molar-refractivity contribution in [1.29, 1.82) is 0 Å². The van der Waals surface area contributed by atoms with Crippen LogP contribution in [0.25, 0.3) is 0 Å². The van der Waals surface area contributed by atoms with Gasteiger partial charge >= 0.3 is 0 Å². The number of rotatable bonds is 6. The van der Waals surface area contributed by atoms with Crippen LogP contribution in [0.2, 0.25) is 0 Å². The van der Waals surface area contributed by atoms with Crippen molar-refractivity contribution in [3.8, 4) is 5.75 Å². The lowest BCUT2D eigenvalue weighted by Gasteiger charge is -2.38. The van der Waals surface area contributed by atoms with E-state index in [1.54, 1.807) is 14.2 Å². The number of nitrogens with one attached hydrogen (secondary N) is 2. The maximum absolute atomic E-state index is 12.0. The fourth-order valence-electron chi connectivity index (χ4n) is 3.16. The Bertz CT molecular complexity index is 652. The van der Waals surface area contributed by atoms with Gasteiger partial charge in [-0.15, -0.1) is 0 Å². The van der Waals surface area contributed by atoms with Crippen LogP contribution in [-0.2, 0) is 4.79 Å². The molecule has 1 aliphatic heterocycles. The van der Waals surface area contributed by atoms with Crippen molar-refractivity contribution < 1.29 is 9.53 Å². The monoisotopic (exact) mass is 375 g/mol. The highest BCUT2D eigenvalue weighted by Crippen LogP contribution is 2.28. The topological polar surface area (TPSA) is 69.2 Å². The van der Waals surface area contributed by atoms with Crippen LogP contribution in [0.15, 0.2) is 29.3 Å². The van der Waals surface area contributed by atoms with Gasteiger partial charge in [-0.3, -0.25) is 9.79 Å². The Hall–Kier alpha value is -2.44. The van der Waals surface area contributed by atoms with E-state index in [1.807, 2.05) is 32.0 Å². The number of para-hydroxylation sites is 2. The normalized spacial score (nSPS) is 15.5. The lowest BCUT2D eigenvalue weighted by molar-refractivity contribution is -0.128. The Kier molecular flexibility index (Phi) is 7.33. The zero-order valence-corrected chi connectivity index (χ0v) is 17.2. The molecule has 7 nitrogen and oxygen atoms in total. The van der Waals surface area contributed by atoms with Crippen LogP contribution in [-0.4, -0.2) is 70.2 Å². The van der Waals surface area contributed by atoms with Gasteiger partial charge in [0.25, 0.3) is 0 Å². The highest BCUT2D eigenvalue weighted by atomic mass is 16.5. The van der Waals surface area contributed by atoms with Gasteiger partial charge in [-0.05, 0) is 32.9 Å². The first-order valence-corrected chi connectivity index (χ1v) is 9.56. The number of carbonyl (C=O) groups excluding carboxylic acids is 1. The van der Waals surface area contributed by atoms with E-state index in [9.17, 15) is 4.79 Å². The van der Waals surface area contributed by atoms with Crippen molar-refractivity contribution in [2.45, 2.75) is 20.8 Å². The van der Waals surface area contributed by atoms with Gasteiger partial charge in [0.1, 0.15) is 5.75 Å². The number of anilines is 1. The van der Waals surface area contributed by atoms with Crippen LogP contribution in [0.5, 0.6) is 5.75 Å². The standard InChI is InChI=1S/C20H33N5O2/c1-6-22-19(23-15-20(2,3)18(26)21-4)25-13-11-24(12-14-25)16-9-7-8-10-17(16)27-5/h7-10H,6,11-15H2,1-5H3,(H,21,26)(H,22,23). The summed E-state index contributed by atoms with van der Waals surface area (Å²) >= 11 is 0. The summed E-state index contributed by atoms with van der Waals surface area (Å²) in [5.41, 5.74) is 0.594. The van der Waals surface area contributed by atoms with E-state index in [-0.39, 0.29) is 5.91 Å². The summed E-state index contributed by atoms with van der Waals surface area (Å²) in [7, 11) is 3.37. The molecule has 1 fully saturated rings. The van der Waals surface area contributed by atoms with Crippen molar-refractivity contribution in [1.82, 2.24) is 15.5 Å². The average Bonchev–Trinajstić information content (AvgIpc) is 2.70. The number of ether oxygens (including phenoxy) is 1. The molecule has 1 saturated heterocycles. The van der Waals surface area contributed by atoms with Crippen LogP contribution < -0.4 is 20.3 Å². The summed E-state index contributed by atoms with van der Waals surface area (Å²) in [6.45, 7) is 10.6. The van der Waals surface area contributed by atoms with E-state index >= 15 is 0 Å². The largest absolute Gasteiger partial charge is 0.495 e. The zero-order chi connectivity index (χ0) is 19.9. The third-order valence-electron chi connectivity index (χ3n) is 4.81. The lowest BCUT2D eigenvalue weighted by atomic mass is 9.93. The molecule has 1 amide bonds. The second kappa shape index (κ2) is 9.48. The van der Waals surface area contributed by atoms with Crippen molar-refractivity contribution >= 4 is 17.6 Å². The number of carbonyl (C=O) groups is 1. The molecule has 27 heavy (non-hydrogen) atoms. The van der Waals surface area contributed by atoms with Gasteiger partial charge in [0.2, 0.25) is 5.91 Å². The molecule has 0 bridgehead atoms. The summed E-state index contributed by atoms with van der Waals surface area (Å²) in [4.78, 5) is 21.3. The summed E-state index contributed by atoms with van der Waals surface area (Å²) in [6, 6.07) is 8.12. The summed E-state index contributed by atoms with van der Waals surface area (Å²) in [5, 5.41) is 6.07. The number of piperazine rings is 1. The number of benzene rings is 1. The van der Waals surface area contributed by atoms with E-state index in [0.29, 0.717) is 6.54 Å². The molecule has 1 aliphatic rings. The molecule has 0 radical (unpaired) electrons. The molecule has 0 atom stereocenters. The molecule has 2 rings (SSSR count). The predicted octanol–water partition coefficient (Wildman–Crippen LogP) is 1.55. The molecule has 0 saturated carbocycles. The molecule has 2 N–H and O–H groups in total. The van der Waals surface area contributed by atoms with Crippen molar-refractivity contribution in [2.75, 3.05) is 58.3 Å². The molecular weight excluding hydrogens is 342 g/mol. The Labute approximate surface area is 162 Å². The SMILES string of the molecule is CCNC(=NCC(C)(C)C(=O)NC)N1CCN(c2ccccc2OC)CC1. The van der Waals surface area contributed by atoms with Crippen LogP contribution in [0, 0.1) is 5.41 Å². The van der Waals surface area contributed by atoms with Gasteiger partial charge in [0.15, 0.2) is 5.96 Å². The van der Waals surface area contributed by atoms with Gasteiger partial charge in [-0.2, -0.15) is 0 Å². The maximum atomic E-state index is 12.0. The minimum atomic E-state index is -0.533. The molecule has 1 aromatic rings. The van der Waals surface area contributed by atoms with Crippen molar-refractivity contribution in [3.05, 3.63) is 24.3 Å². The Morgan fingerprint density at radius 2 is 1.89 bits per heavy atom. The molecule has 0 unspecified atom stereocenters. The van der Waals surface area contributed by atoms with E-state index in [1.165, 1.54) is 0 Å². The molecule has 150 valence electrons. The minimum Gasteiger partial charge on any atom is -0.495 e. The van der Waals surface area contributed by atoms with Crippen LogP contribution >= 0.6 is 0 Å². The molecule has 1 aromatic carbocycles. The van der Waals surface area contributed by atoms with Gasteiger partial charge in [0, 0.05) is 39.8 Å². The number of aliphatic imine (C=N–C) groups is 1. The zero-order valence-electron chi connectivity index (χ0n) is 17.2. The number of hydrogen-bond donors (Lipinski definition) is 2. The molecule has 0 aromatic heterocycles. The van der Waals surface area contributed by atoms with E-state index < -0.39 is 5.41 Å². The summed E-state index contributed by atoms with van der Waals surface area (Å²) in [6.07, 6.45) is 0. The first-order valence-electron chi connectivity index (χ1n) is 9.56. The summed E-state index contributed by atoms with van der Waals surface area (Å²) in [5.74, 6) is 1.77. The predicted molar refractivity (Wildman–Crippen MR) is 111 cm³/mol. The second-order valence-electron chi connectivity index (χ2n) is 7.28. The highest BCUT2D eigenvalue weighted by molar-refractivity contribution is 5.83.